The van der Waals surface area contributed by atoms with Crippen molar-refractivity contribution < 1.29 is 9.47 Å². The van der Waals surface area contributed by atoms with E-state index in [1.54, 1.807) is 0 Å². The van der Waals surface area contributed by atoms with Crippen molar-refractivity contribution in [1.82, 2.24) is 0 Å². The minimum atomic E-state index is 0.301. The Morgan fingerprint density at radius 2 is 2.09 bits per heavy atom. The Labute approximate surface area is 73.8 Å². The van der Waals surface area contributed by atoms with E-state index in [1.807, 2.05) is 13.8 Å². The Bertz CT molecular complexity index is 78.5. The maximum absolute atomic E-state index is 5.42. The molecule has 0 aromatic carbocycles. The highest BCUT2D eigenvalue weighted by atomic mass is 35.5. The molecule has 0 radical (unpaired) electrons. The quantitative estimate of drug-likeness (QED) is 0.441. The van der Waals surface area contributed by atoms with Gasteiger partial charge in [-0.1, -0.05) is 0 Å². The summed E-state index contributed by atoms with van der Waals surface area (Å²) in [5, 5.41) is 0. The van der Waals surface area contributed by atoms with E-state index in [-0.39, 0.29) is 0 Å². The Morgan fingerprint density at radius 3 is 2.64 bits per heavy atom. The molecule has 0 rings (SSSR count). The zero-order valence-corrected chi connectivity index (χ0v) is 8.06. The molecule has 0 heterocycles. The molecule has 0 aromatic heterocycles. The number of hydrogen-bond donors (Lipinski definition) is 0. The Hall–Kier alpha value is 0.210. The number of ether oxygens (including phenoxy) is 2. The van der Waals surface area contributed by atoms with Crippen molar-refractivity contribution >= 4 is 11.6 Å². The van der Waals surface area contributed by atoms with E-state index in [1.165, 1.54) is 0 Å². The van der Waals surface area contributed by atoms with Gasteiger partial charge >= 0.3 is 0 Å². The predicted molar refractivity (Wildman–Crippen MR) is 47.2 cm³/mol. The molecule has 1 atom stereocenters. The van der Waals surface area contributed by atoms with Crippen LogP contribution in [0.5, 0.6) is 0 Å². The fourth-order valence-corrected chi connectivity index (χ4v) is 0.883. The third-order valence-electron chi connectivity index (χ3n) is 1.34. The van der Waals surface area contributed by atoms with Crippen molar-refractivity contribution in [3.05, 3.63) is 0 Å². The van der Waals surface area contributed by atoms with E-state index in [9.17, 15) is 0 Å². The molecule has 11 heavy (non-hydrogen) atoms. The molecule has 0 N–H and O–H groups in total. The van der Waals surface area contributed by atoms with Gasteiger partial charge in [-0.2, -0.15) is 0 Å². The molecule has 3 heteroatoms. The van der Waals surface area contributed by atoms with Crippen LogP contribution in [0.3, 0.4) is 0 Å². The molecule has 0 aliphatic carbocycles. The minimum absolute atomic E-state index is 0.301. The third-order valence-corrected chi connectivity index (χ3v) is 1.50. The summed E-state index contributed by atoms with van der Waals surface area (Å²) in [5.74, 6) is 0.572. The van der Waals surface area contributed by atoms with Crippen LogP contribution in [-0.2, 0) is 9.47 Å². The first kappa shape index (κ1) is 11.2. The first-order valence-corrected chi connectivity index (χ1v) is 4.60. The highest BCUT2D eigenvalue weighted by molar-refractivity contribution is 6.17. The Balaban J connectivity index is 2.97. The van der Waals surface area contributed by atoms with E-state index in [0.717, 1.165) is 19.6 Å². The van der Waals surface area contributed by atoms with Gasteiger partial charge in [0.1, 0.15) is 0 Å². The maximum atomic E-state index is 5.42. The van der Waals surface area contributed by atoms with E-state index >= 15 is 0 Å². The standard InChI is InChI=1S/C8H17ClO2/c1-3-11-8(2)4-6-10-7-5-9/h8H,3-7H2,1-2H3. The van der Waals surface area contributed by atoms with Crippen molar-refractivity contribution in [2.45, 2.75) is 26.4 Å². The molecule has 1 unspecified atom stereocenters. The lowest BCUT2D eigenvalue weighted by molar-refractivity contribution is 0.0411. The van der Waals surface area contributed by atoms with Gasteiger partial charge in [-0.05, 0) is 20.3 Å². The van der Waals surface area contributed by atoms with Crippen LogP contribution in [0.1, 0.15) is 20.3 Å². The molecule has 0 aromatic rings. The van der Waals surface area contributed by atoms with Crippen LogP contribution in [0.2, 0.25) is 0 Å². The molecule has 68 valence electrons. The molecule has 0 fully saturated rings. The van der Waals surface area contributed by atoms with Gasteiger partial charge in [0.25, 0.3) is 0 Å². The molecule has 0 saturated heterocycles. The Kier molecular flexibility index (Phi) is 8.47. The second kappa shape index (κ2) is 8.31. The van der Waals surface area contributed by atoms with Gasteiger partial charge in [0, 0.05) is 19.1 Å². The normalized spacial score (nSPS) is 13.4. The number of hydrogen-bond acceptors (Lipinski definition) is 2. The van der Waals surface area contributed by atoms with Crippen LogP contribution in [-0.4, -0.2) is 31.8 Å². The highest BCUT2D eigenvalue weighted by Gasteiger charge is 1.99. The second-order valence-electron chi connectivity index (χ2n) is 2.36. The largest absolute Gasteiger partial charge is 0.380 e. The second-order valence-corrected chi connectivity index (χ2v) is 2.73. The fraction of sp³-hybridized carbons (Fsp3) is 1.00. The fourth-order valence-electron chi connectivity index (χ4n) is 0.774. The number of rotatable bonds is 7. The van der Waals surface area contributed by atoms with Gasteiger partial charge in [0.2, 0.25) is 0 Å². The summed E-state index contributed by atoms with van der Waals surface area (Å²) in [6.45, 7) is 6.20. The first-order valence-electron chi connectivity index (χ1n) is 4.06. The van der Waals surface area contributed by atoms with Gasteiger partial charge in [-0.3, -0.25) is 0 Å². The highest BCUT2D eigenvalue weighted by Crippen LogP contribution is 1.97. The topological polar surface area (TPSA) is 18.5 Å². The summed E-state index contributed by atoms with van der Waals surface area (Å²) in [7, 11) is 0. The van der Waals surface area contributed by atoms with Crippen LogP contribution >= 0.6 is 11.6 Å². The van der Waals surface area contributed by atoms with E-state index in [2.05, 4.69) is 0 Å². The summed E-state index contributed by atoms with van der Waals surface area (Å²) >= 11 is 5.42. The molecule has 0 bridgehead atoms. The van der Waals surface area contributed by atoms with Crippen molar-refractivity contribution in [3.63, 3.8) is 0 Å². The van der Waals surface area contributed by atoms with Crippen molar-refractivity contribution in [2.24, 2.45) is 0 Å². The average molecular weight is 181 g/mol. The van der Waals surface area contributed by atoms with Crippen LogP contribution < -0.4 is 0 Å². The molecule has 0 amide bonds. The summed E-state index contributed by atoms with van der Waals surface area (Å²) < 4.78 is 10.5. The third kappa shape index (κ3) is 8.11. The zero-order valence-electron chi connectivity index (χ0n) is 7.31. The minimum Gasteiger partial charge on any atom is -0.380 e. The lowest BCUT2D eigenvalue weighted by Crippen LogP contribution is -2.11. The molecule has 0 saturated carbocycles. The smallest absolute Gasteiger partial charge is 0.0601 e. The van der Waals surface area contributed by atoms with Gasteiger partial charge in [0.05, 0.1) is 12.7 Å². The first-order chi connectivity index (χ1) is 5.31. The molecule has 2 nitrogen and oxygen atoms in total. The Morgan fingerprint density at radius 1 is 1.36 bits per heavy atom. The van der Waals surface area contributed by atoms with E-state index < -0.39 is 0 Å². The lowest BCUT2D eigenvalue weighted by Gasteiger charge is -2.10. The van der Waals surface area contributed by atoms with Gasteiger partial charge in [-0.15, -0.1) is 11.6 Å². The van der Waals surface area contributed by atoms with Crippen LogP contribution in [0.4, 0.5) is 0 Å². The summed E-state index contributed by atoms with van der Waals surface area (Å²) in [4.78, 5) is 0. The molecular weight excluding hydrogens is 164 g/mol. The van der Waals surface area contributed by atoms with Crippen molar-refractivity contribution in [3.8, 4) is 0 Å². The molecule has 0 spiro atoms. The summed E-state index contributed by atoms with van der Waals surface area (Å²) in [5.41, 5.74) is 0. The average Bonchev–Trinajstić information content (AvgIpc) is 1.99. The summed E-state index contributed by atoms with van der Waals surface area (Å²) in [6, 6.07) is 0. The molecule has 0 aliphatic heterocycles. The van der Waals surface area contributed by atoms with Gasteiger partial charge < -0.3 is 9.47 Å². The van der Waals surface area contributed by atoms with E-state index in [0.29, 0.717) is 18.6 Å². The summed E-state index contributed by atoms with van der Waals surface area (Å²) in [6.07, 6.45) is 1.25. The van der Waals surface area contributed by atoms with Crippen LogP contribution in [0, 0.1) is 0 Å². The monoisotopic (exact) mass is 180 g/mol. The van der Waals surface area contributed by atoms with E-state index in [4.69, 9.17) is 21.1 Å². The predicted octanol–water partition coefficient (Wildman–Crippen LogP) is 2.06. The van der Waals surface area contributed by atoms with Crippen molar-refractivity contribution in [2.75, 3.05) is 25.7 Å². The van der Waals surface area contributed by atoms with Crippen LogP contribution in [0.15, 0.2) is 0 Å². The lowest BCUT2D eigenvalue weighted by atomic mass is 10.3. The molecule has 0 aliphatic rings. The molecular formula is C8H17ClO2. The zero-order chi connectivity index (χ0) is 8.53. The maximum Gasteiger partial charge on any atom is 0.0601 e. The number of halogens is 1. The van der Waals surface area contributed by atoms with Gasteiger partial charge in [0.15, 0.2) is 0 Å². The van der Waals surface area contributed by atoms with Gasteiger partial charge in [-0.25, -0.2) is 0 Å². The van der Waals surface area contributed by atoms with Crippen molar-refractivity contribution in [1.29, 1.82) is 0 Å². The number of alkyl halides is 1. The SMILES string of the molecule is CCOC(C)CCOCCCl. The van der Waals surface area contributed by atoms with Crippen LogP contribution in [0.25, 0.3) is 0 Å².